The zero-order chi connectivity index (χ0) is 55.3. The van der Waals surface area contributed by atoms with Gasteiger partial charge in [0.2, 0.25) is 42.1 Å². The van der Waals surface area contributed by atoms with Gasteiger partial charge in [0.05, 0.1) is 19.6 Å². The molecule has 3 N–H and O–H groups in total. The maximum atomic E-state index is 13.7. The van der Waals surface area contributed by atoms with E-state index in [1.54, 1.807) is 0 Å². The van der Waals surface area contributed by atoms with Crippen LogP contribution >= 0.6 is 0 Å². The molecule has 1 aromatic rings. The number of carbonyl (C=O) groups excluding carboxylic acids is 9. The van der Waals surface area contributed by atoms with Crippen molar-refractivity contribution in [1.82, 2.24) is 39.5 Å². The van der Waals surface area contributed by atoms with Crippen molar-refractivity contribution < 1.29 is 47.6 Å². The first kappa shape index (κ1) is 67.5. The lowest BCUT2D eigenvalue weighted by atomic mass is 10.1. The Hall–Kier alpha value is -6.47. The van der Waals surface area contributed by atoms with Gasteiger partial charge in [0.15, 0.2) is 0 Å². The van der Waals surface area contributed by atoms with Crippen molar-refractivity contribution in [1.29, 1.82) is 0 Å². The van der Waals surface area contributed by atoms with E-state index in [1.807, 2.05) is 0 Å². The summed E-state index contributed by atoms with van der Waals surface area (Å²) < 4.78 is 2.87. The minimum Gasteiger partial charge on any atom is -0.356 e. The van der Waals surface area contributed by atoms with Crippen molar-refractivity contribution >= 4 is 54.1 Å². The first-order valence-corrected chi connectivity index (χ1v) is 27.1. The van der Waals surface area contributed by atoms with Gasteiger partial charge in [-0.15, -0.1) is 9.48 Å². The van der Waals surface area contributed by atoms with E-state index < -0.39 is 45.8 Å². The predicted molar refractivity (Wildman–Crippen MR) is 285 cm³/mol. The summed E-state index contributed by atoms with van der Waals surface area (Å²) in [5, 5.41) is 8.26. The number of urea groups is 3. The van der Waals surface area contributed by atoms with Crippen molar-refractivity contribution in [3.8, 4) is 0 Å². The van der Waals surface area contributed by atoms with Crippen molar-refractivity contribution in [2.24, 2.45) is 15.0 Å². The van der Waals surface area contributed by atoms with Gasteiger partial charge in [0.25, 0.3) is 0 Å². The van der Waals surface area contributed by atoms with Crippen LogP contribution in [-0.2, 0) is 48.4 Å². The van der Waals surface area contributed by atoms with Gasteiger partial charge in [-0.05, 0) is 83.5 Å². The largest absolute Gasteiger partial charge is 0.438 e. The van der Waals surface area contributed by atoms with E-state index in [0.717, 1.165) is 106 Å². The van der Waals surface area contributed by atoms with E-state index in [4.69, 9.17) is 0 Å². The van der Waals surface area contributed by atoms with E-state index in [9.17, 15) is 57.5 Å². The highest BCUT2D eigenvalue weighted by Gasteiger charge is 2.62. The zero-order valence-corrected chi connectivity index (χ0v) is 44.7. The van der Waals surface area contributed by atoms with Gasteiger partial charge >= 0.3 is 35.2 Å². The molecule has 24 heteroatoms. The molecule has 76 heavy (non-hydrogen) atoms. The van der Waals surface area contributed by atoms with Gasteiger partial charge in [-0.25, -0.2) is 76.6 Å². The van der Waals surface area contributed by atoms with Crippen molar-refractivity contribution in [3.63, 3.8) is 0 Å². The molecule has 0 aromatic carbocycles. The summed E-state index contributed by atoms with van der Waals surface area (Å²) in [5.41, 5.74) is -1.69. The molecule has 0 saturated carbocycles. The fourth-order valence-electron chi connectivity index (χ4n) is 9.12. The van der Waals surface area contributed by atoms with Crippen LogP contribution in [0.4, 0.5) is 14.4 Å². The fraction of sp³-hybridized carbons (Fsp3) is 0.769. The van der Waals surface area contributed by atoms with Crippen LogP contribution in [0.3, 0.4) is 0 Å². The third-order valence-corrected chi connectivity index (χ3v) is 13.2. The summed E-state index contributed by atoms with van der Waals surface area (Å²) >= 11 is 0. The highest BCUT2D eigenvalue weighted by Crippen LogP contribution is 2.34. The molecule has 0 bridgehead atoms. The average molecular weight is 1070 g/mol. The maximum absolute atomic E-state index is 13.7. The highest BCUT2D eigenvalue weighted by molar-refractivity contribution is 6.06. The van der Waals surface area contributed by atoms with E-state index >= 15 is 0 Å². The molecule has 1 unspecified atom stereocenters. The Morgan fingerprint density at radius 3 is 1.16 bits per heavy atom. The standard InChI is InChI=1S/C27H48N6O6.C24H35N6O6.CH4/c1-22(34)28-16-10-4-7-13-19-31-25(37)32(20-14-8-5-11-17-29-23(2)35)27(39)33(26(31)38)21-15-9-6-12-18-30-24(3)36;31-18-25-13-7-1-3-9-15-28-22(34)29(16-10-4-2-8-14-26-19-32)24(36)30(23(28)35)17-11-5-6-12-21(30)27-20-33;/h4-21H2,1-3H3,(H,28,34)(H,29,35)(H,30,36);21H,1-17H2;1H4/q;+1;. The number of aliphatic imine (C=N–C) groups is 3. The lowest BCUT2D eigenvalue weighted by molar-refractivity contribution is -0.803. The quantitative estimate of drug-likeness (QED) is 0.0315. The molecule has 9 amide bonds. The Morgan fingerprint density at radius 1 is 0.474 bits per heavy atom. The second kappa shape index (κ2) is 39.9. The number of aromatic nitrogens is 3. The molecular weight excluding hydrogens is 985 g/mol. The van der Waals surface area contributed by atoms with Crippen LogP contribution in [0.15, 0.2) is 29.4 Å². The second-order valence-corrected chi connectivity index (χ2v) is 19.1. The number of isocyanates is 3. The van der Waals surface area contributed by atoms with Crippen LogP contribution in [-0.4, -0.2) is 141 Å². The van der Waals surface area contributed by atoms with Crippen molar-refractivity contribution in [2.45, 2.75) is 208 Å². The van der Waals surface area contributed by atoms with Crippen LogP contribution in [0.1, 0.15) is 182 Å². The van der Waals surface area contributed by atoms with Crippen LogP contribution in [0.25, 0.3) is 0 Å². The second-order valence-electron chi connectivity index (χ2n) is 19.1. The highest BCUT2D eigenvalue weighted by atomic mass is 16.2. The summed E-state index contributed by atoms with van der Waals surface area (Å²) in [6.07, 6.45) is 20.9. The fourth-order valence-corrected chi connectivity index (χ4v) is 9.12. The Balaban J connectivity index is 0.000000752. The molecular formula is C52H87N12O12+. The van der Waals surface area contributed by atoms with Crippen LogP contribution in [0.2, 0.25) is 0 Å². The molecule has 0 aliphatic carbocycles. The SMILES string of the molecule is C.CC(=O)NCCCCCCn1c(=O)n(CCCCCCNC(C)=O)c(=O)n(CCCCCCNC(C)=O)c1=O.O=C=NCCCCCCN1C(=O)N(CCCCCCN=C=O)C(=O)[N+]2(CCCCCC2N=C=O)C1=O. The number of rotatable bonds is 36. The number of unbranched alkanes of at least 4 members (excludes halogenated alkanes) is 15. The number of hydrogen-bond donors (Lipinski definition) is 3. The van der Waals surface area contributed by atoms with Gasteiger partial charge in [0.1, 0.15) is 0 Å². The summed E-state index contributed by atoms with van der Waals surface area (Å²) in [4.78, 5) is 158. The van der Waals surface area contributed by atoms with Gasteiger partial charge in [-0.1, -0.05) is 71.6 Å². The summed E-state index contributed by atoms with van der Waals surface area (Å²) in [6, 6.07) is -1.88. The Bertz CT molecular complexity index is 2100. The number of nitrogens with zero attached hydrogens (tertiary/aromatic N) is 9. The Kier molecular flexibility index (Phi) is 35.4. The zero-order valence-electron chi connectivity index (χ0n) is 44.7. The Labute approximate surface area is 446 Å². The molecule has 2 saturated heterocycles. The third kappa shape index (κ3) is 24.0. The van der Waals surface area contributed by atoms with Crippen LogP contribution < -0.4 is 33.0 Å². The molecule has 2 fully saturated rings. The topological polar surface area (TPSA) is 299 Å². The number of nitrogens with one attached hydrogen (secondary N) is 3. The number of imide groups is 3. The van der Waals surface area contributed by atoms with E-state index in [-0.39, 0.29) is 64.4 Å². The minimum absolute atomic E-state index is 0. The van der Waals surface area contributed by atoms with E-state index in [2.05, 4.69) is 30.9 Å². The summed E-state index contributed by atoms with van der Waals surface area (Å²) in [7, 11) is 0. The molecule has 3 heterocycles. The molecule has 2 aliphatic heterocycles. The smallest absolute Gasteiger partial charge is 0.356 e. The first-order chi connectivity index (χ1) is 36.2. The number of carbonyl (C=O) groups is 6. The van der Waals surface area contributed by atoms with Crippen molar-refractivity contribution in [2.75, 3.05) is 52.4 Å². The third-order valence-electron chi connectivity index (χ3n) is 13.2. The van der Waals surface area contributed by atoms with Crippen LogP contribution in [0, 0.1) is 0 Å². The van der Waals surface area contributed by atoms with Crippen molar-refractivity contribution in [3.05, 3.63) is 31.5 Å². The summed E-state index contributed by atoms with van der Waals surface area (Å²) in [6.45, 7) is 8.22. The van der Waals surface area contributed by atoms with Gasteiger partial charge in [-0.3, -0.25) is 14.4 Å². The predicted octanol–water partition coefficient (Wildman–Crippen LogP) is 5.71. The number of hydrogen-bond acceptors (Lipinski definition) is 15. The monoisotopic (exact) mass is 1070 g/mol. The van der Waals surface area contributed by atoms with E-state index in [1.165, 1.54) is 52.7 Å². The van der Waals surface area contributed by atoms with Gasteiger partial charge in [-0.2, -0.15) is 0 Å². The molecule has 0 radical (unpaired) electrons. The molecule has 1 aromatic heterocycles. The average Bonchev–Trinajstić information content (AvgIpc) is 3.59. The molecule has 1 spiro atoms. The van der Waals surface area contributed by atoms with Crippen LogP contribution in [0.5, 0.6) is 0 Å². The maximum Gasteiger partial charge on any atom is 0.438 e. The molecule has 1 atom stereocenters. The molecule has 24 nitrogen and oxygen atoms in total. The lowest BCUT2D eigenvalue weighted by Gasteiger charge is -2.45. The summed E-state index contributed by atoms with van der Waals surface area (Å²) in [5.74, 6) is -0.195. The normalized spacial score (nSPS) is 16.0. The Morgan fingerprint density at radius 2 is 0.816 bits per heavy atom. The number of amides is 9. The molecule has 426 valence electrons. The first-order valence-electron chi connectivity index (χ1n) is 27.1. The molecule has 3 rings (SSSR count). The lowest BCUT2D eigenvalue weighted by Crippen LogP contribution is -2.76. The number of quaternary nitrogens is 1. The van der Waals surface area contributed by atoms with E-state index in [0.29, 0.717) is 90.5 Å². The molecule has 2 aliphatic rings. The van der Waals surface area contributed by atoms with Gasteiger partial charge in [0, 0.05) is 79.6 Å². The minimum atomic E-state index is -0.898. The van der Waals surface area contributed by atoms with Gasteiger partial charge < -0.3 is 16.0 Å².